The normalized spacial score (nSPS) is 14.1. The zero-order chi connectivity index (χ0) is 12.0. The Hall–Kier alpha value is -1.33. The molecular formula is C11H15BN2O2. The Morgan fingerprint density at radius 3 is 2.56 bits per heavy atom. The van der Waals surface area contributed by atoms with Crippen molar-refractivity contribution in [2.45, 2.75) is 18.6 Å². The lowest BCUT2D eigenvalue weighted by molar-refractivity contribution is 0.138. The van der Waals surface area contributed by atoms with Crippen molar-refractivity contribution in [1.82, 2.24) is 5.32 Å². The SMILES string of the molecule is [B]C(=O)N[C@@H](Cc1ccccc1)[C@H](O)CN. The van der Waals surface area contributed by atoms with Crippen molar-refractivity contribution in [3.05, 3.63) is 35.9 Å². The fourth-order valence-electron chi connectivity index (χ4n) is 1.50. The fraction of sp³-hybridized carbons (Fsp3) is 0.364. The molecular weight excluding hydrogens is 203 g/mol. The minimum Gasteiger partial charge on any atom is -0.390 e. The van der Waals surface area contributed by atoms with Gasteiger partial charge in [-0.3, -0.25) is 4.79 Å². The summed E-state index contributed by atoms with van der Waals surface area (Å²) in [5.41, 5.74) is 6.37. The molecule has 0 aliphatic heterocycles. The minimum atomic E-state index is -0.798. The zero-order valence-electron chi connectivity index (χ0n) is 8.97. The van der Waals surface area contributed by atoms with Crippen molar-refractivity contribution in [1.29, 1.82) is 0 Å². The molecule has 0 heterocycles. The number of nitrogens with two attached hydrogens (primary N) is 1. The second-order valence-electron chi connectivity index (χ2n) is 3.61. The summed E-state index contributed by atoms with van der Waals surface area (Å²) in [7, 11) is 5.04. The molecule has 0 spiro atoms. The van der Waals surface area contributed by atoms with Crippen LogP contribution in [-0.2, 0) is 6.42 Å². The molecule has 1 aromatic carbocycles. The second kappa shape index (κ2) is 6.30. The van der Waals surface area contributed by atoms with Gasteiger partial charge in [0.15, 0.2) is 5.81 Å². The van der Waals surface area contributed by atoms with Crippen LogP contribution in [0.4, 0.5) is 4.79 Å². The first-order chi connectivity index (χ1) is 7.63. The van der Waals surface area contributed by atoms with Crippen LogP contribution in [0.5, 0.6) is 0 Å². The van der Waals surface area contributed by atoms with E-state index in [1.165, 1.54) is 0 Å². The largest absolute Gasteiger partial charge is 0.390 e. The first-order valence-corrected chi connectivity index (χ1v) is 5.11. The van der Waals surface area contributed by atoms with E-state index in [-0.39, 0.29) is 6.54 Å². The Morgan fingerprint density at radius 2 is 2.06 bits per heavy atom. The van der Waals surface area contributed by atoms with Crippen LogP contribution in [0.3, 0.4) is 0 Å². The zero-order valence-corrected chi connectivity index (χ0v) is 8.97. The van der Waals surface area contributed by atoms with Gasteiger partial charge in [-0.15, -0.1) is 0 Å². The molecule has 4 N–H and O–H groups in total. The van der Waals surface area contributed by atoms with Gasteiger partial charge in [-0.2, -0.15) is 0 Å². The summed E-state index contributed by atoms with van der Waals surface area (Å²) in [6, 6.07) is 9.07. The van der Waals surface area contributed by atoms with Gasteiger partial charge in [0, 0.05) is 6.54 Å². The quantitative estimate of drug-likeness (QED) is 0.599. The molecule has 0 saturated heterocycles. The molecule has 1 amide bonds. The molecule has 4 nitrogen and oxygen atoms in total. The third-order valence-corrected chi connectivity index (χ3v) is 2.33. The van der Waals surface area contributed by atoms with E-state index in [1.54, 1.807) is 0 Å². The van der Waals surface area contributed by atoms with Gasteiger partial charge < -0.3 is 16.2 Å². The lowest BCUT2D eigenvalue weighted by atomic mass is 9.99. The van der Waals surface area contributed by atoms with Gasteiger partial charge in [0.05, 0.1) is 12.1 Å². The Kier molecular flexibility index (Phi) is 5.02. The van der Waals surface area contributed by atoms with Crippen molar-refractivity contribution in [3.63, 3.8) is 0 Å². The molecule has 0 saturated carbocycles. The van der Waals surface area contributed by atoms with Gasteiger partial charge >= 0.3 is 0 Å². The van der Waals surface area contributed by atoms with Gasteiger partial charge in [-0.1, -0.05) is 30.3 Å². The van der Waals surface area contributed by atoms with E-state index in [2.05, 4.69) is 5.32 Å². The monoisotopic (exact) mass is 218 g/mol. The van der Waals surface area contributed by atoms with Crippen molar-refractivity contribution in [2.24, 2.45) is 5.73 Å². The maximum absolute atomic E-state index is 10.8. The number of rotatable bonds is 5. The molecule has 5 heteroatoms. The van der Waals surface area contributed by atoms with E-state index in [9.17, 15) is 9.90 Å². The number of nitrogens with one attached hydrogen (secondary N) is 1. The number of benzene rings is 1. The first kappa shape index (κ1) is 12.7. The Bertz CT molecular complexity index is 332. The number of aliphatic hydroxyl groups excluding tert-OH is 1. The minimum absolute atomic E-state index is 0.0811. The van der Waals surface area contributed by atoms with Crippen LogP contribution in [0.15, 0.2) is 30.3 Å². The molecule has 1 aromatic rings. The van der Waals surface area contributed by atoms with E-state index < -0.39 is 18.0 Å². The highest BCUT2D eigenvalue weighted by molar-refractivity contribution is 6.57. The number of hydrogen-bond acceptors (Lipinski definition) is 3. The van der Waals surface area contributed by atoms with Crippen LogP contribution in [0.1, 0.15) is 5.56 Å². The van der Waals surface area contributed by atoms with Crippen LogP contribution in [-0.4, -0.2) is 37.4 Å². The molecule has 0 aromatic heterocycles. The highest BCUT2D eigenvalue weighted by Crippen LogP contribution is 2.05. The molecule has 16 heavy (non-hydrogen) atoms. The van der Waals surface area contributed by atoms with Gasteiger partial charge in [-0.05, 0) is 12.0 Å². The molecule has 2 radical (unpaired) electrons. The van der Waals surface area contributed by atoms with E-state index in [1.807, 2.05) is 30.3 Å². The number of carbonyl (C=O) groups is 1. The third-order valence-electron chi connectivity index (χ3n) is 2.33. The highest BCUT2D eigenvalue weighted by Gasteiger charge is 2.18. The van der Waals surface area contributed by atoms with Crippen LogP contribution >= 0.6 is 0 Å². The van der Waals surface area contributed by atoms with Gasteiger partial charge in [-0.25, -0.2) is 0 Å². The van der Waals surface area contributed by atoms with Crippen molar-refractivity contribution in [3.8, 4) is 0 Å². The summed E-state index contributed by atoms with van der Waals surface area (Å²) in [5, 5.41) is 12.1. The van der Waals surface area contributed by atoms with Gasteiger partial charge in [0.1, 0.15) is 0 Å². The number of aliphatic hydroxyl groups is 1. The molecule has 0 fully saturated rings. The van der Waals surface area contributed by atoms with E-state index in [0.717, 1.165) is 5.56 Å². The number of amides is 1. The lowest BCUT2D eigenvalue weighted by Crippen LogP contribution is -2.47. The molecule has 0 unspecified atom stereocenters. The van der Waals surface area contributed by atoms with Crippen molar-refractivity contribution in [2.75, 3.05) is 6.54 Å². The predicted octanol–water partition coefficient (Wildman–Crippen LogP) is -0.205. The average molecular weight is 218 g/mol. The van der Waals surface area contributed by atoms with Crippen LogP contribution < -0.4 is 11.1 Å². The summed E-state index contributed by atoms with van der Waals surface area (Å²) >= 11 is 0. The smallest absolute Gasteiger partial charge is 0.200 e. The molecule has 84 valence electrons. The number of carbonyl (C=O) groups excluding carboxylic acids is 1. The summed E-state index contributed by atoms with van der Waals surface area (Å²) in [6.07, 6.45) is -0.296. The standard InChI is InChI=1S/C11H15BN2O2/c12-11(16)14-9(10(15)7-13)6-8-4-2-1-3-5-8/h1-5,9-10,15H,6-7,13H2,(H,14,16)/t9-,10+/m0/s1. The molecule has 0 aliphatic carbocycles. The van der Waals surface area contributed by atoms with Crippen LogP contribution in [0, 0.1) is 0 Å². The van der Waals surface area contributed by atoms with Crippen LogP contribution in [0.2, 0.25) is 0 Å². The summed E-state index contributed by atoms with van der Waals surface area (Å²) in [4.78, 5) is 10.8. The Morgan fingerprint density at radius 1 is 1.44 bits per heavy atom. The third kappa shape index (κ3) is 4.04. The Labute approximate surface area is 96.3 Å². The molecule has 2 atom stereocenters. The summed E-state index contributed by atoms with van der Waals surface area (Å²) < 4.78 is 0. The predicted molar refractivity (Wildman–Crippen MR) is 63.3 cm³/mol. The van der Waals surface area contributed by atoms with Crippen molar-refractivity contribution >= 4 is 13.7 Å². The topological polar surface area (TPSA) is 75.3 Å². The summed E-state index contributed by atoms with van der Waals surface area (Å²) in [5.74, 6) is -0.659. The fourth-order valence-corrected chi connectivity index (χ4v) is 1.50. The maximum atomic E-state index is 10.8. The first-order valence-electron chi connectivity index (χ1n) is 5.11. The molecule has 0 aliphatic rings. The molecule has 1 rings (SSSR count). The van der Waals surface area contributed by atoms with Crippen molar-refractivity contribution < 1.29 is 9.90 Å². The Balaban J connectivity index is 2.67. The van der Waals surface area contributed by atoms with Gasteiger partial charge in [0.2, 0.25) is 7.85 Å². The van der Waals surface area contributed by atoms with Gasteiger partial charge in [0.25, 0.3) is 0 Å². The summed E-state index contributed by atoms with van der Waals surface area (Å²) in [6.45, 7) is 0.0811. The van der Waals surface area contributed by atoms with E-state index in [0.29, 0.717) is 6.42 Å². The average Bonchev–Trinajstić information content (AvgIpc) is 2.28. The van der Waals surface area contributed by atoms with E-state index >= 15 is 0 Å². The van der Waals surface area contributed by atoms with Crippen LogP contribution in [0.25, 0.3) is 0 Å². The van der Waals surface area contributed by atoms with E-state index in [4.69, 9.17) is 13.6 Å². The lowest BCUT2D eigenvalue weighted by Gasteiger charge is -2.22. The maximum Gasteiger partial charge on any atom is 0.200 e. The second-order valence-corrected chi connectivity index (χ2v) is 3.61. The highest BCUT2D eigenvalue weighted by atomic mass is 16.3. The number of hydrogen-bond donors (Lipinski definition) is 3. The molecule has 0 bridgehead atoms.